The van der Waals surface area contributed by atoms with Gasteiger partial charge < -0.3 is 10.2 Å². The molecule has 2 saturated heterocycles. The Hall–Kier alpha value is -0.980. The summed E-state index contributed by atoms with van der Waals surface area (Å²) >= 11 is 1.77. The molecule has 116 valence electrons. The first-order valence-corrected chi connectivity index (χ1v) is 8.67. The molecule has 3 heterocycles. The van der Waals surface area contributed by atoms with Gasteiger partial charge in [-0.15, -0.1) is 11.3 Å². The van der Waals surface area contributed by atoms with E-state index in [4.69, 9.17) is 0 Å². The van der Waals surface area contributed by atoms with Gasteiger partial charge in [-0.3, -0.25) is 9.69 Å². The van der Waals surface area contributed by atoms with Crippen molar-refractivity contribution in [1.82, 2.24) is 20.1 Å². The Morgan fingerprint density at radius 2 is 2.24 bits per heavy atom. The minimum Gasteiger partial charge on any atom is -0.340 e. The number of rotatable bonds is 4. The second kappa shape index (κ2) is 6.85. The summed E-state index contributed by atoms with van der Waals surface area (Å²) < 4.78 is 0. The molecular formula is C15H24N4OS. The van der Waals surface area contributed by atoms with Crippen LogP contribution < -0.4 is 5.32 Å². The topological polar surface area (TPSA) is 48.5 Å². The van der Waals surface area contributed by atoms with E-state index in [1.165, 1.54) is 11.3 Å². The molecule has 0 saturated carbocycles. The fraction of sp³-hybridized carbons (Fsp3) is 0.733. The van der Waals surface area contributed by atoms with E-state index in [1.54, 1.807) is 11.3 Å². The molecule has 0 bridgehead atoms. The minimum atomic E-state index is 0.322. The van der Waals surface area contributed by atoms with Gasteiger partial charge in [0.15, 0.2) is 0 Å². The fourth-order valence-corrected chi connectivity index (χ4v) is 3.96. The number of amides is 1. The van der Waals surface area contributed by atoms with Gasteiger partial charge in [-0.25, -0.2) is 4.98 Å². The van der Waals surface area contributed by atoms with E-state index in [2.05, 4.69) is 15.2 Å². The smallest absolute Gasteiger partial charge is 0.224 e. The second-order valence-corrected chi connectivity index (χ2v) is 7.32. The minimum absolute atomic E-state index is 0.322. The van der Waals surface area contributed by atoms with Crippen molar-refractivity contribution in [3.05, 3.63) is 16.1 Å². The Morgan fingerprint density at radius 1 is 1.43 bits per heavy atom. The van der Waals surface area contributed by atoms with E-state index in [0.29, 0.717) is 18.4 Å². The summed E-state index contributed by atoms with van der Waals surface area (Å²) in [5, 5.41) is 4.53. The van der Waals surface area contributed by atoms with Gasteiger partial charge in [-0.2, -0.15) is 0 Å². The largest absolute Gasteiger partial charge is 0.340 e. The molecule has 1 atom stereocenters. The van der Waals surface area contributed by atoms with Crippen LogP contribution in [0.5, 0.6) is 0 Å². The molecule has 2 aliphatic rings. The van der Waals surface area contributed by atoms with Gasteiger partial charge in [0.05, 0.1) is 5.01 Å². The number of nitrogens with zero attached hydrogens (tertiary/aromatic N) is 3. The van der Waals surface area contributed by atoms with Crippen molar-refractivity contribution in [3.8, 4) is 0 Å². The third-order valence-electron chi connectivity index (χ3n) is 4.36. The number of hydrogen-bond donors (Lipinski definition) is 1. The van der Waals surface area contributed by atoms with Crippen molar-refractivity contribution < 1.29 is 4.79 Å². The van der Waals surface area contributed by atoms with Gasteiger partial charge in [0.2, 0.25) is 5.91 Å². The average Bonchev–Trinajstić information content (AvgIpc) is 3.12. The van der Waals surface area contributed by atoms with Crippen LogP contribution in [0.4, 0.5) is 0 Å². The van der Waals surface area contributed by atoms with Crippen LogP contribution >= 0.6 is 11.3 Å². The van der Waals surface area contributed by atoms with Crippen molar-refractivity contribution >= 4 is 17.2 Å². The first-order chi connectivity index (χ1) is 10.2. The molecule has 1 amide bonds. The number of piperazine rings is 1. The molecule has 0 aromatic carbocycles. The van der Waals surface area contributed by atoms with Gasteiger partial charge in [0, 0.05) is 56.3 Å². The van der Waals surface area contributed by atoms with E-state index in [9.17, 15) is 4.79 Å². The zero-order valence-corrected chi connectivity index (χ0v) is 13.5. The van der Waals surface area contributed by atoms with Crippen LogP contribution in [0.15, 0.2) is 6.20 Å². The van der Waals surface area contributed by atoms with E-state index in [1.807, 2.05) is 18.0 Å². The number of carbonyl (C=O) groups is 1. The molecular weight excluding hydrogens is 284 g/mol. The fourth-order valence-electron chi connectivity index (χ4n) is 3.13. The lowest BCUT2D eigenvalue weighted by atomic mass is 10.1. The van der Waals surface area contributed by atoms with Gasteiger partial charge in [-0.05, 0) is 26.3 Å². The van der Waals surface area contributed by atoms with Crippen LogP contribution in [0.25, 0.3) is 0 Å². The van der Waals surface area contributed by atoms with Crippen LogP contribution in [0.1, 0.15) is 29.1 Å². The standard InChI is InChI=1S/C15H24N4OS/c1-12-17-10-14(21-12)11-18-5-7-19(8-6-18)15(20)9-13-3-2-4-16-13/h10,13,16H,2-9,11H2,1H3. The molecule has 1 aromatic heterocycles. The number of hydrogen-bond acceptors (Lipinski definition) is 5. The number of nitrogens with one attached hydrogen (secondary N) is 1. The molecule has 1 unspecified atom stereocenters. The Bertz CT molecular complexity index is 476. The Labute approximate surface area is 130 Å². The third-order valence-corrected chi connectivity index (χ3v) is 5.25. The highest BCUT2D eigenvalue weighted by Crippen LogP contribution is 2.16. The molecule has 1 N–H and O–H groups in total. The van der Waals surface area contributed by atoms with Crippen LogP contribution in [0.3, 0.4) is 0 Å². The van der Waals surface area contributed by atoms with Crippen LogP contribution in [0, 0.1) is 6.92 Å². The Kier molecular flexibility index (Phi) is 4.87. The van der Waals surface area contributed by atoms with Crippen LogP contribution in [0.2, 0.25) is 0 Å². The van der Waals surface area contributed by atoms with Gasteiger partial charge in [-0.1, -0.05) is 0 Å². The molecule has 6 heteroatoms. The molecule has 1 aromatic rings. The van der Waals surface area contributed by atoms with E-state index in [0.717, 1.165) is 50.7 Å². The van der Waals surface area contributed by atoms with Gasteiger partial charge in [0.1, 0.15) is 0 Å². The molecule has 3 rings (SSSR count). The van der Waals surface area contributed by atoms with Gasteiger partial charge >= 0.3 is 0 Å². The van der Waals surface area contributed by atoms with Crippen molar-refractivity contribution in [2.24, 2.45) is 0 Å². The second-order valence-electron chi connectivity index (χ2n) is 6.00. The molecule has 5 nitrogen and oxygen atoms in total. The zero-order chi connectivity index (χ0) is 14.7. The monoisotopic (exact) mass is 308 g/mol. The van der Waals surface area contributed by atoms with Crippen molar-refractivity contribution in [2.45, 2.75) is 38.8 Å². The predicted molar refractivity (Wildman–Crippen MR) is 84.3 cm³/mol. The highest BCUT2D eigenvalue weighted by Gasteiger charge is 2.25. The maximum Gasteiger partial charge on any atom is 0.224 e. The molecule has 0 spiro atoms. The summed E-state index contributed by atoms with van der Waals surface area (Å²) in [5.74, 6) is 0.322. The predicted octanol–water partition coefficient (Wildman–Crippen LogP) is 1.24. The molecule has 0 aliphatic carbocycles. The summed E-state index contributed by atoms with van der Waals surface area (Å²) in [7, 11) is 0. The number of thiazole rings is 1. The first-order valence-electron chi connectivity index (χ1n) is 7.85. The lowest BCUT2D eigenvalue weighted by Gasteiger charge is -2.35. The summed E-state index contributed by atoms with van der Waals surface area (Å²) in [6.45, 7) is 7.76. The van der Waals surface area contributed by atoms with E-state index >= 15 is 0 Å². The van der Waals surface area contributed by atoms with Gasteiger partial charge in [0.25, 0.3) is 0 Å². The Balaban J connectivity index is 1.42. The van der Waals surface area contributed by atoms with E-state index < -0.39 is 0 Å². The zero-order valence-electron chi connectivity index (χ0n) is 12.7. The summed E-state index contributed by atoms with van der Waals surface area (Å²) in [4.78, 5) is 22.4. The lowest BCUT2D eigenvalue weighted by molar-refractivity contribution is -0.133. The van der Waals surface area contributed by atoms with Crippen molar-refractivity contribution in [1.29, 1.82) is 0 Å². The van der Waals surface area contributed by atoms with E-state index in [-0.39, 0.29) is 0 Å². The molecule has 2 aliphatic heterocycles. The maximum absolute atomic E-state index is 12.3. The average molecular weight is 308 g/mol. The number of aromatic nitrogens is 1. The summed E-state index contributed by atoms with van der Waals surface area (Å²) in [6, 6.07) is 0.413. The summed E-state index contributed by atoms with van der Waals surface area (Å²) in [5.41, 5.74) is 0. The molecule has 21 heavy (non-hydrogen) atoms. The summed E-state index contributed by atoms with van der Waals surface area (Å²) in [6.07, 6.45) is 5.01. The quantitative estimate of drug-likeness (QED) is 0.909. The number of aryl methyl sites for hydroxylation is 1. The number of carbonyl (C=O) groups excluding carboxylic acids is 1. The van der Waals surface area contributed by atoms with Crippen molar-refractivity contribution in [2.75, 3.05) is 32.7 Å². The SMILES string of the molecule is Cc1ncc(CN2CCN(C(=O)CC3CCCN3)CC2)s1. The molecule has 0 radical (unpaired) electrons. The normalized spacial score (nSPS) is 23.7. The van der Waals surface area contributed by atoms with Crippen LogP contribution in [-0.4, -0.2) is 59.5 Å². The van der Waals surface area contributed by atoms with Crippen molar-refractivity contribution in [3.63, 3.8) is 0 Å². The Morgan fingerprint density at radius 3 is 2.86 bits per heavy atom. The maximum atomic E-state index is 12.3. The highest BCUT2D eigenvalue weighted by molar-refractivity contribution is 7.11. The lowest BCUT2D eigenvalue weighted by Crippen LogP contribution is -2.49. The third kappa shape index (κ3) is 4.02. The first kappa shape index (κ1) is 14.9. The molecule has 2 fully saturated rings. The highest BCUT2D eigenvalue weighted by atomic mass is 32.1. The van der Waals surface area contributed by atoms with Crippen LogP contribution in [-0.2, 0) is 11.3 Å².